The van der Waals surface area contributed by atoms with Gasteiger partial charge in [-0.15, -0.1) is 0 Å². The van der Waals surface area contributed by atoms with Gasteiger partial charge in [-0.2, -0.15) is 0 Å². The van der Waals surface area contributed by atoms with Crippen molar-refractivity contribution in [1.82, 2.24) is 15.3 Å². The molecule has 2 aromatic carbocycles. The summed E-state index contributed by atoms with van der Waals surface area (Å²) in [5.41, 5.74) is 7.38. The van der Waals surface area contributed by atoms with Gasteiger partial charge in [-0.1, -0.05) is 6.07 Å². The summed E-state index contributed by atoms with van der Waals surface area (Å²) in [5, 5.41) is 23.5. The summed E-state index contributed by atoms with van der Waals surface area (Å²) >= 11 is 0. The third kappa shape index (κ3) is 5.79. The lowest BCUT2D eigenvalue weighted by atomic mass is 10.1. The molecule has 1 aromatic heterocycles. The van der Waals surface area contributed by atoms with Gasteiger partial charge in [0, 0.05) is 17.8 Å². The number of nitrogens with one attached hydrogen (secondary N) is 3. The largest absolute Gasteiger partial charge is 0.481 e. The minimum atomic E-state index is -1.52. The molecule has 0 unspecified atom stereocenters. The van der Waals surface area contributed by atoms with Crippen molar-refractivity contribution in [2.75, 3.05) is 11.1 Å². The molecule has 0 fully saturated rings. The van der Waals surface area contributed by atoms with Crippen LogP contribution >= 0.6 is 0 Å². The van der Waals surface area contributed by atoms with Crippen molar-refractivity contribution >= 4 is 40.4 Å². The molecule has 168 valence electrons. The number of aliphatic carboxylic acids is 2. The number of aromatic nitrogens is 2. The van der Waals surface area contributed by atoms with Gasteiger partial charge in [-0.05, 0) is 42.0 Å². The Bertz CT molecular complexity index is 1210. The van der Waals surface area contributed by atoms with Crippen molar-refractivity contribution in [2.45, 2.75) is 19.0 Å². The van der Waals surface area contributed by atoms with E-state index in [9.17, 15) is 19.2 Å². The molecule has 0 radical (unpaired) electrons. The second-order valence-corrected chi connectivity index (χ2v) is 6.70. The van der Waals surface area contributed by atoms with E-state index in [-0.39, 0.29) is 22.5 Å². The maximum Gasteiger partial charge on any atom is 0.326 e. The van der Waals surface area contributed by atoms with Crippen LogP contribution in [0.3, 0.4) is 0 Å². The van der Waals surface area contributed by atoms with Gasteiger partial charge < -0.3 is 32.1 Å². The number of hydrogen-bond donors (Lipinski definition) is 6. The molecule has 32 heavy (non-hydrogen) atoms. The Kier molecular flexibility index (Phi) is 7.47. The average Bonchev–Trinajstić information content (AvgIpc) is 2.71. The number of rotatable bonds is 8. The van der Waals surface area contributed by atoms with Crippen LogP contribution in [0.1, 0.15) is 22.3 Å². The summed E-state index contributed by atoms with van der Waals surface area (Å²) in [4.78, 5) is 52.5. The fourth-order valence-electron chi connectivity index (χ4n) is 2.87. The minimum Gasteiger partial charge on any atom is -0.481 e. The second-order valence-electron chi connectivity index (χ2n) is 6.70. The highest BCUT2D eigenvalue weighted by Gasteiger charge is 2.23. The number of carbonyl (C=O) groups is 3. The number of nitrogen functional groups attached to an aromatic ring is 1. The highest BCUT2D eigenvalue weighted by atomic mass is 16.4. The highest BCUT2D eigenvalue weighted by Crippen LogP contribution is 2.15. The number of H-pyrrole nitrogens is 1. The van der Waals surface area contributed by atoms with Crippen molar-refractivity contribution in [3.63, 3.8) is 0 Å². The quantitative estimate of drug-likeness (QED) is 0.274. The number of carboxylic acids is 2. The van der Waals surface area contributed by atoms with Crippen LogP contribution < -0.4 is 21.9 Å². The van der Waals surface area contributed by atoms with Gasteiger partial charge in [0.25, 0.3) is 11.5 Å². The Labute approximate surface area is 180 Å². The van der Waals surface area contributed by atoms with Crippen LogP contribution in [-0.4, -0.2) is 49.5 Å². The van der Waals surface area contributed by atoms with Crippen molar-refractivity contribution < 1.29 is 30.1 Å². The third-order valence-corrected chi connectivity index (χ3v) is 4.41. The summed E-state index contributed by atoms with van der Waals surface area (Å²) in [6, 6.07) is 9.88. The number of carbonyl (C=O) groups excluding carboxylic acids is 1. The van der Waals surface area contributed by atoms with Gasteiger partial charge in [0.1, 0.15) is 6.04 Å². The van der Waals surface area contributed by atoms with Crippen LogP contribution in [-0.2, 0) is 16.1 Å². The standard InChI is InChI=1S/C20H19N5O6.H2O/c21-20-24-14-6-1-10(7-13(14)18(29)25-20)9-22-12-4-2-11(3-5-12)17(28)23-15(19(30)31)8-16(26)27;/h1-7,15,22H,8-9H2,(H,23,28)(H,26,27)(H,30,31)(H3,21,24,25,29);1H2/t15-;/m0./s1. The fourth-order valence-corrected chi connectivity index (χ4v) is 2.87. The molecule has 0 saturated carbocycles. The predicted octanol–water partition coefficient (Wildman–Crippen LogP) is -0.0496. The van der Waals surface area contributed by atoms with Gasteiger partial charge in [-0.3, -0.25) is 19.4 Å². The lowest BCUT2D eigenvalue weighted by Gasteiger charge is -2.13. The fraction of sp³-hybridized carbons (Fsp3) is 0.150. The number of nitrogens with zero attached hydrogens (tertiary/aromatic N) is 1. The molecular weight excluding hydrogens is 422 g/mol. The number of nitrogens with two attached hydrogens (primary N) is 1. The van der Waals surface area contributed by atoms with Crippen LogP contribution in [0.4, 0.5) is 11.6 Å². The number of aromatic amines is 1. The molecule has 0 aliphatic heterocycles. The van der Waals surface area contributed by atoms with Crippen LogP contribution in [0.5, 0.6) is 0 Å². The molecule has 0 aliphatic carbocycles. The Morgan fingerprint density at radius 2 is 1.78 bits per heavy atom. The molecule has 1 amide bonds. The number of carboxylic acid groups (broad SMARTS) is 2. The van der Waals surface area contributed by atoms with E-state index >= 15 is 0 Å². The van der Waals surface area contributed by atoms with E-state index in [1.807, 2.05) is 0 Å². The van der Waals surface area contributed by atoms with E-state index in [2.05, 4.69) is 20.6 Å². The normalized spacial score (nSPS) is 11.2. The minimum absolute atomic E-state index is 0. The smallest absolute Gasteiger partial charge is 0.326 e. The molecule has 1 atom stereocenters. The predicted molar refractivity (Wildman–Crippen MR) is 115 cm³/mol. The number of hydrogen-bond acceptors (Lipinski definition) is 7. The summed E-state index contributed by atoms with van der Waals surface area (Å²) in [6.07, 6.45) is -0.725. The summed E-state index contributed by atoms with van der Waals surface area (Å²) < 4.78 is 0. The first-order chi connectivity index (χ1) is 14.7. The Morgan fingerprint density at radius 1 is 1.09 bits per heavy atom. The molecule has 0 spiro atoms. The van der Waals surface area contributed by atoms with E-state index in [0.29, 0.717) is 23.1 Å². The lowest BCUT2D eigenvalue weighted by Crippen LogP contribution is -2.42. The maximum absolute atomic E-state index is 12.2. The zero-order valence-electron chi connectivity index (χ0n) is 16.6. The van der Waals surface area contributed by atoms with Gasteiger partial charge >= 0.3 is 11.9 Å². The molecule has 9 N–H and O–H groups in total. The van der Waals surface area contributed by atoms with Crippen LogP contribution in [0.2, 0.25) is 0 Å². The SMILES string of the molecule is Nc1nc2ccc(CNc3ccc(C(=O)N[C@@H](CC(=O)O)C(=O)O)cc3)cc2c(=O)[nH]1.O. The van der Waals surface area contributed by atoms with E-state index in [1.165, 1.54) is 12.1 Å². The van der Waals surface area contributed by atoms with Gasteiger partial charge in [0.15, 0.2) is 0 Å². The van der Waals surface area contributed by atoms with E-state index in [4.69, 9.17) is 15.9 Å². The van der Waals surface area contributed by atoms with Crippen LogP contribution in [0.25, 0.3) is 10.9 Å². The number of amides is 1. The first-order valence-corrected chi connectivity index (χ1v) is 9.11. The van der Waals surface area contributed by atoms with E-state index in [1.54, 1.807) is 30.3 Å². The molecule has 1 heterocycles. The molecule has 0 saturated heterocycles. The van der Waals surface area contributed by atoms with Crippen molar-refractivity contribution in [3.8, 4) is 0 Å². The molecule has 12 heteroatoms. The highest BCUT2D eigenvalue weighted by molar-refractivity contribution is 5.97. The Morgan fingerprint density at radius 3 is 2.41 bits per heavy atom. The Hall–Kier alpha value is -4.45. The summed E-state index contributed by atoms with van der Waals surface area (Å²) in [7, 11) is 0. The second kappa shape index (κ2) is 10.0. The topological polar surface area (TPSA) is 219 Å². The maximum atomic E-state index is 12.2. The van der Waals surface area contributed by atoms with Crippen LogP contribution in [0, 0.1) is 0 Å². The third-order valence-electron chi connectivity index (χ3n) is 4.41. The lowest BCUT2D eigenvalue weighted by molar-refractivity contribution is -0.145. The first-order valence-electron chi connectivity index (χ1n) is 9.11. The average molecular weight is 443 g/mol. The van der Waals surface area contributed by atoms with Gasteiger partial charge in [-0.25, -0.2) is 9.78 Å². The molecule has 12 nitrogen and oxygen atoms in total. The van der Waals surface area contributed by atoms with Crippen molar-refractivity contribution in [3.05, 3.63) is 63.9 Å². The Balaban J connectivity index is 0.00000363. The first kappa shape index (κ1) is 23.8. The monoisotopic (exact) mass is 443 g/mol. The zero-order valence-corrected chi connectivity index (χ0v) is 16.6. The zero-order chi connectivity index (χ0) is 22.5. The van der Waals surface area contributed by atoms with Gasteiger partial charge in [0.05, 0.1) is 17.3 Å². The molecular formula is C20H21N5O7. The molecule has 0 bridgehead atoms. The van der Waals surface area contributed by atoms with Gasteiger partial charge in [0.2, 0.25) is 5.95 Å². The van der Waals surface area contributed by atoms with Crippen molar-refractivity contribution in [2.24, 2.45) is 0 Å². The summed E-state index contributed by atoms with van der Waals surface area (Å²) in [5.74, 6) is -3.41. The summed E-state index contributed by atoms with van der Waals surface area (Å²) in [6.45, 7) is 0.394. The van der Waals surface area contributed by atoms with Crippen LogP contribution in [0.15, 0.2) is 47.3 Å². The number of anilines is 2. The molecule has 0 aliphatic rings. The number of fused-ring (bicyclic) bond motifs is 1. The van der Waals surface area contributed by atoms with E-state index in [0.717, 1.165) is 5.56 Å². The molecule has 3 aromatic rings. The molecule has 3 rings (SSSR count). The van der Waals surface area contributed by atoms with Crippen molar-refractivity contribution in [1.29, 1.82) is 0 Å². The number of benzene rings is 2. The van der Waals surface area contributed by atoms with E-state index < -0.39 is 30.3 Å².